The molecule has 1 N–H and O–H groups in total. The van der Waals surface area contributed by atoms with Crippen LogP contribution in [0.4, 0.5) is 0 Å². The van der Waals surface area contributed by atoms with Gasteiger partial charge in [-0.15, -0.1) is 0 Å². The lowest BCUT2D eigenvalue weighted by Crippen LogP contribution is -2.16. The summed E-state index contributed by atoms with van der Waals surface area (Å²) >= 11 is 0. The Morgan fingerprint density at radius 3 is 2.68 bits per heavy atom. The average molecular weight is 251 g/mol. The van der Waals surface area contributed by atoms with E-state index in [1.807, 2.05) is 12.1 Å². The molecule has 96 valence electrons. The molecule has 0 radical (unpaired) electrons. The normalized spacial score (nSPS) is 10.9. The number of fused-ring (bicyclic) bond motifs is 1. The second kappa shape index (κ2) is 5.72. The molecule has 3 aromatic rings. The van der Waals surface area contributed by atoms with E-state index in [1.165, 1.54) is 16.3 Å². The van der Waals surface area contributed by atoms with Crippen LogP contribution in [-0.4, -0.2) is 6.54 Å². The molecule has 2 heteroatoms. The summed E-state index contributed by atoms with van der Waals surface area (Å²) in [5.74, 6) is 1.03. The first-order chi connectivity index (χ1) is 9.43. The predicted molar refractivity (Wildman–Crippen MR) is 78.1 cm³/mol. The second-order valence-electron chi connectivity index (χ2n) is 4.64. The summed E-state index contributed by atoms with van der Waals surface area (Å²) in [6.45, 7) is 1.82. The fraction of sp³-hybridized carbons (Fsp3) is 0.176. The maximum absolute atomic E-state index is 5.32. The fourth-order valence-corrected chi connectivity index (χ4v) is 2.34. The van der Waals surface area contributed by atoms with E-state index in [0.717, 1.165) is 25.3 Å². The van der Waals surface area contributed by atoms with Crippen molar-refractivity contribution in [3.05, 3.63) is 72.2 Å². The summed E-state index contributed by atoms with van der Waals surface area (Å²) in [5, 5.41) is 6.10. The van der Waals surface area contributed by atoms with Crippen LogP contribution in [0.1, 0.15) is 11.3 Å². The lowest BCUT2D eigenvalue weighted by Gasteiger charge is -2.07. The van der Waals surface area contributed by atoms with E-state index in [4.69, 9.17) is 4.42 Å². The average Bonchev–Trinajstić information content (AvgIpc) is 2.97. The van der Waals surface area contributed by atoms with Crippen molar-refractivity contribution in [1.29, 1.82) is 0 Å². The van der Waals surface area contributed by atoms with Gasteiger partial charge in [0, 0.05) is 19.5 Å². The first-order valence-corrected chi connectivity index (χ1v) is 6.63. The van der Waals surface area contributed by atoms with E-state index >= 15 is 0 Å². The third-order valence-corrected chi connectivity index (χ3v) is 3.32. The first-order valence-electron chi connectivity index (χ1n) is 6.63. The van der Waals surface area contributed by atoms with Crippen LogP contribution < -0.4 is 5.32 Å². The number of rotatable bonds is 5. The van der Waals surface area contributed by atoms with Gasteiger partial charge < -0.3 is 9.73 Å². The fourth-order valence-electron chi connectivity index (χ4n) is 2.34. The molecule has 1 aromatic heterocycles. The van der Waals surface area contributed by atoms with Crippen LogP contribution in [0.25, 0.3) is 10.8 Å². The van der Waals surface area contributed by atoms with E-state index in [-0.39, 0.29) is 0 Å². The van der Waals surface area contributed by atoms with Gasteiger partial charge in [-0.05, 0) is 28.5 Å². The van der Waals surface area contributed by atoms with Crippen LogP contribution in [0.2, 0.25) is 0 Å². The zero-order chi connectivity index (χ0) is 12.9. The van der Waals surface area contributed by atoms with Crippen LogP contribution >= 0.6 is 0 Å². The summed E-state index contributed by atoms with van der Waals surface area (Å²) in [6, 6.07) is 18.9. The van der Waals surface area contributed by atoms with E-state index in [9.17, 15) is 0 Å². The molecule has 0 saturated carbocycles. The van der Waals surface area contributed by atoms with Gasteiger partial charge in [0.2, 0.25) is 0 Å². The first kappa shape index (κ1) is 12.0. The van der Waals surface area contributed by atoms with Gasteiger partial charge >= 0.3 is 0 Å². The Balaban J connectivity index is 1.62. The Kier molecular flexibility index (Phi) is 3.61. The molecule has 0 saturated heterocycles. The minimum Gasteiger partial charge on any atom is -0.469 e. The van der Waals surface area contributed by atoms with E-state index < -0.39 is 0 Å². The second-order valence-corrected chi connectivity index (χ2v) is 4.64. The van der Waals surface area contributed by atoms with Gasteiger partial charge in [-0.25, -0.2) is 0 Å². The molecule has 2 nitrogen and oxygen atoms in total. The van der Waals surface area contributed by atoms with E-state index in [0.29, 0.717) is 0 Å². The van der Waals surface area contributed by atoms with Gasteiger partial charge in [-0.1, -0.05) is 42.5 Å². The Morgan fingerprint density at radius 2 is 1.79 bits per heavy atom. The maximum atomic E-state index is 5.32. The van der Waals surface area contributed by atoms with Crippen LogP contribution in [0.15, 0.2) is 65.3 Å². The van der Waals surface area contributed by atoms with E-state index in [1.54, 1.807) is 6.26 Å². The Bertz CT molecular complexity index is 638. The smallest absolute Gasteiger partial charge is 0.105 e. The lowest BCUT2D eigenvalue weighted by molar-refractivity contribution is 0.499. The standard InChI is InChI=1S/C17H17NO/c1-2-9-17-14(5-1)6-3-7-15(17)13-18-11-10-16-8-4-12-19-16/h1-9,12,18H,10-11,13H2. The highest BCUT2D eigenvalue weighted by Crippen LogP contribution is 2.18. The van der Waals surface area contributed by atoms with Crippen molar-refractivity contribution < 1.29 is 4.42 Å². The van der Waals surface area contributed by atoms with Gasteiger partial charge in [0.1, 0.15) is 5.76 Å². The van der Waals surface area contributed by atoms with Crippen LogP contribution in [0.3, 0.4) is 0 Å². The Hall–Kier alpha value is -2.06. The molecule has 0 fully saturated rings. The minimum atomic E-state index is 0.891. The molecule has 2 aromatic carbocycles. The third kappa shape index (κ3) is 2.85. The number of nitrogens with one attached hydrogen (secondary N) is 1. The quantitative estimate of drug-likeness (QED) is 0.698. The molecule has 0 spiro atoms. The van der Waals surface area contributed by atoms with Gasteiger partial charge in [-0.2, -0.15) is 0 Å². The highest BCUT2D eigenvalue weighted by Gasteiger charge is 2.00. The summed E-state index contributed by atoms with van der Waals surface area (Å²) < 4.78 is 5.32. The minimum absolute atomic E-state index is 0.891. The highest BCUT2D eigenvalue weighted by molar-refractivity contribution is 5.85. The maximum Gasteiger partial charge on any atom is 0.105 e. The lowest BCUT2D eigenvalue weighted by atomic mass is 10.0. The molecule has 3 rings (SSSR count). The van der Waals surface area contributed by atoms with Gasteiger partial charge in [0.25, 0.3) is 0 Å². The number of furan rings is 1. The Morgan fingerprint density at radius 1 is 0.895 bits per heavy atom. The van der Waals surface area contributed by atoms with Gasteiger partial charge in [0.15, 0.2) is 0 Å². The van der Waals surface area contributed by atoms with Crippen molar-refractivity contribution in [1.82, 2.24) is 5.32 Å². The molecular formula is C17H17NO. The molecule has 1 heterocycles. The highest BCUT2D eigenvalue weighted by atomic mass is 16.3. The molecule has 0 aliphatic heterocycles. The van der Waals surface area contributed by atoms with E-state index in [2.05, 4.69) is 47.8 Å². The topological polar surface area (TPSA) is 25.2 Å². The van der Waals surface area contributed by atoms with Gasteiger partial charge in [0.05, 0.1) is 6.26 Å². The van der Waals surface area contributed by atoms with Crippen LogP contribution in [0.5, 0.6) is 0 Å². The van der Waals surface area contributed by atoms with Crippen LogP contribution in [0, 0.1) is 0 Å². The van der Waals surface area contributed by atoms with Crippen molar-refractivity contribution in [2.45, 2.75) is 13.0 Å². The molecule has 0 bridgehead atoms. The molecule has 19 heavy (non-hydrogen) atoms. The van der Waals surface area contributed by atoms with Crippen molar-refractivity contribution in [3.8, 4) is 0 Å². The zero-order valence-corrected chi connectivity index (χ0v) is 10.8. The van der Waals surface area contributed by atoms with Crippen molar-refractivity contribution in [3.63, 3.8) is 0 Å². The third-order valence-electron chi connectivity index (χ3n) is 3.32. The molecular weight excluding hydrogens is 234 g/mol. The molecule has 0 unspecified atom stereocenters. The SMILES string of the molecule is c1coc(CCNCc2cccc3ccccc23)c1. The van der Waals surface area contributed by atoms with Crippen molar-refractivity contribution in [2.24, 2.45) is 0 Å². The molecule has 0 aliphatic carbocycles. The molecule has 0 aliphatic rings. The number of hydrogen-bond donors (Lipinski definition) is 1. The molecule has 0 amide bonds. The largest absolute Gasteiger partial charge is 0.469 e. The van der Waals surface area contributed by atoms with Gasteiger partial charge in [-0.3, -0.25) is 0 Å². The predicted octanol–water partition coefficient (Wildman–Crippen LogP) is 3.77. The summed E-state index contributed by atoms with van der Waals surface area (Å²) in [7, 11) is 0. The number of hydrogen-bond acceptors (Lipinski definition) is 2. The van der Waals surface area contributed by atoms with Crippen molar-refractivity contribution in [2.75, 3.05) is 6.54 Å². The van der Waals surface area contributed by atoms with Crippen molar-refractivity contribution >= 4 is 10.8 Å². The monoisotopic (exact) mass is 251 g/mol. The summed E-state index contributed by atoms with van der Waals surface area (Å²) in [4.78, 5) is 0. The number of benzene rings is 2. The zero-order valence-electron chi connectivity index (χ0n) is 10.8. The Labute approximate surface area is 113 Å². The molecule has 0 atom stereocenters. The summed E-state index contributed by atoms with van der Waals surface area (Å²) in [5.41, 5.74) is 1.34. The summed E-state index contributed by atoms with van der Waals surface area (Å²) in [6.07, 6.45) is 2.65. The van der Waals surface area contributed by atoms with Crippen LogP contribution in [-0.2, 0) is 13.0 Å².